The van der Waals surface area contributed by atoms with E-state index >= 15 is 0 Å². The fourth-order valence-electron chi connectivity index (χ4n) is 6.18. The molecule has 0 heteroatoms. The van der Waals surface area contributed by atoms with E-state index in [1.807, 2.05) is 0 Å². The van der Waals surface area contributed by atoms with Crippen LogP contribution in [-0.2, 0) is 0 Å². The van der Waals surface area contributed by atoms with Crippen molar-refractivity contribution in [3.05, 3.63) is 153 Å². The Labute approximate surface area is 237 Å². The van der Waals surface area contributed by atoms with Crippen molar-refractivity contribution in [1.82, 2.24) is 0 Å². The quantitative estimate of drug-likeness (QED) is 0.284. The molecule has 39 heavy (non-hydrogen) atoms. The molecule has 0 amide bonds. The van der Waals surface area contributed by atoms with Gasteiger partial charge in [-0.15, -0.1) is 0 Å². The van der Waals surface area contributed by atoms with Gasteiger partial charge < -0.3 is 0 Å². The summed E-state index contributed by atoms with van der Waals surface area (Å²) in [7, 11) is 0. The molecule has 0 aliphatic heterocycles. The van der Waals surface area contributed by atoms with Gasteiger partial charge in [0.25, 0.3) is 0 Å². The van der Waals surface area contributed by atoms with Crippen molar-refractivity contribution in [1.29, 1.82) is 0 Å². The van der Waals surface area contributed by atoms with Crippen LogP contribution in [0.4, 0.5) is 0 Å². The summed E-state index contributed by atoms with van der Waals surface area (Å²) >= 11 is 0. The Morgan fingerprint density at radius 1 is 0.667 bits per heavy atom. The maximum absolute atomic E-state index is 2.47. The Hall–Kier alpha value is -3.38. The summed E-state index contributed by atoms with van der Waals surface area (Å²) in [4.78, 5) is 0. The molecule has 5 aliphatic carbocycles. The predicted octanol–water partition coefficient (Wildman–Crippen LogP) is 11.3. The molecule has 0 aromatic rings. The van der Waals surface area contributed by atoms with Gasteiger partial charge in [0.1, 0.15) is 0 Å². The maximum atomic E-state index is 2.47. The van der Waals surface area contributed by atoms with Gasteiger partial charge in [-0.25, -0.2) is 0 Å². The lowest BCUT2D eigenvalue weighted by Crippen LogP contribution is -2.02. The molecule has 0 fully saturated rings. The molecular formula is C39H44. The van der Waals surface area contributed by atoms with Crippen LogP contribution in [0.2, 0.25) is 0 Å². The number of hydrogen-bond donors (Lipinski definition) is 0. The Balaban J connectivity index is 1.36. The van der Waals surface area contributed by atoms with Gasteiger partial charge in [-0.05, 0) is 133 Å². The van der Waals surface area contributed by atoms with Gasteiger partial charge in [0.2, 0.25) is 0 Å². The van der Waals surface area contributed by atoms with Crippen molar-refractivity contribution in [2.24, 2.45) is 0 Å². The maximum Gasteiger partial charge on any atom is -0.0152 e. The first-order valence-electron chi connectivity index (χ1n) is 15.2. The third kappa shape index (κ3) is 6.99. The second-order valence-corrected chi connectivity index (χ2v) is 11.1. The highest BCUT2D eigenvalue weighted by Crippen LogP contribution is 2.36. The Kier molecular flexibility index (Phi) is 9.49. The number of hydrogen-bond acceptors (Lipinski definition) is 0. The molecule has 0 N–H and O–H groups in total. The van der Waals surface area contributed by atoms with Crippen LogP contribution in [0.15, 0.2) is 153 Å². The minimum atomic E-state index is 1.07. The molecule has 5 aliphatic rings. The van der Waals surface area contributed by atoms with Crippen molar-refractivity contribution in [2.45, 2.75) is 84.5 Å². The predicted molar refractivity (Wildman–Crippen MR) is 170 cm³/mol. The molecule has 0 bridgehead atoms. The van der Waals surface area contributed by atoms with Crippen molar-refractivity contribution in [2.75, 3.05) is 0 Å². The average molecular weight is 513 g/mol. The van der Waals surface area contributed by atoms with E-state index < -0.39 is 0 Å². The highest BCUT2D eigenvalue weighted by atomic mass is 14.2. The molecule has 0 heterocycles. The number of allylic oxidation sites excluding steroid dienone is 26. The standard InChI is InChI=1S/C39H44/c1-3-32(4-2)38(35-14-8-5-9-15-35)28-30-20-24-33(25-21-30)34-26-22-31(23-27-34)29-39(36-16-10-6-11-17-36)37-18-12-7-13-19-37/h3,6,8,10,12,14-16,18-20,22,24,26,28-29H,4-5,7,9,11,13,17,21,23,25,27H2,1-2H3. The second-order valence-electron chi connectivity index (χ2n) is 11.1. The van der Waals surface area contributed by atoms with Gasteiger partial charge in [0.05, 0.1) is 0 Å². The first-order chi connectivity index (χ1) is 19.2. The molecule has 0 aromatic carbocycles. The monoisotopic (exact) mass is 512 g/mol. The molecule has 0 saturated heterocycles. The van der Waals surface area contributed by atoms with Crippen molar-refractivity contribution >= 4 is 0 Å². The fourth-order valence-corrected chi connectivity index (χ4v) is 6.18. The fraction of sp³-hybridized carbons (Fsp3) is 0.333. The van der Waals surface area contributed by atoms with Crippen LogP contribution in [0.5, 0.6) is 0 Å². The second kappa shape index (κ2) is 13.6. The van der Waals surface area contributed by atoms with Crippen molar-refractivity contribution in [3.8, 4) is 0 Å². The summed E-state index contributed by atoms with van der Waals surface area (Å²) in [5.41, 5.74) is 14.5. The van der Waals surface area contributed by atoms with Gasteiger partial charge in [0, 0.05) is 0 Å². The largest absolute Gasteiger partial charge is 0.0842 e. The van der Waals surface area contributed by atoms with E-state index in [0.717, 1.165) is 70.6 Å². The molecule has 5 rings (SSSR count). The molecule has 0 nitrogen and oxygen atoms in total. The normalized spacial score (nSPS) is 22.4. The van der Waals surface area contributed by atoms with Gasteiger partial charge in [-0.1, -0.05) is 104 Å². The smallest absolute Gasteiger partial charge is 0.0152 e. The van der Waals surface area contributed by atoms with Gasteiger partial charge in [0.15, 0.2) is 0 Å². The highest BCUT2D eigenvalue weighted by Gasteiger charge is 2.17. The first kappa shape index (κ1) is 27.2. The van der Waals surface area contributed by atoms with Crippen LogP contribution in [0.1, 0.15) is 84.5 Å². The minimum absolute atomic E-state index is 1.07. The van der Waals surface area contributed by atoms with Gasteiger partial charge in [-0.3, -0.25) is 0 Å². The summed E-state index contributed by atoms with van der Waals surface area (Å²) in [6.07, 6.45) is 50.2. The summed E-state index contributed by atoms with van der Waals surface area (Å²) < 4.78 is 0. The molecule has 0 radical (unpaired) electrons. The SMILES string of the molecule is CC=C(CC)C(=CC1=CC=C(C2=CC=C(C=C(C3=CCCC=C3)C3=CC=CCC3)CC2)CC1)C1=CCCC=C1. The van der Waals surface area contributed by atoms with Crippen LogP contribution in [-0.4, -0.2) is 0 Å². The van der Waals surface area contributed by atoms with E-state index in [4.69, 9.17) is 0 Å². The lowest BCUT2D eigenvalue weighted by molar-refractivity contribution is 0.866. The Bertz CT molecular complexity index is 1350. The van der Waals surface area contributed by atoms with Crippen LogP contribution in [0.3, 0.4) is 0 Å². The van der Waals surface area contributed by atoms with Gasteiger partial charge >= 0.3 is 0 Å². The molecule has 0 saturated carbocycles. The lowest BCUT2D eigenvalue weighted by Gasteiger charge is -2.21. The van der Waals surface area contributed by atoms with Crippen LogP contribution in [0.25, 0.3) is 0 Å². The summed E-state index contributed by atoms with van der Waals surface area (Å²) in [6.45, 7) is 4.44. The first-order valence-corrected chi connectivity index (χ1v) is 15.2. The van der Waals surface area contributed by atoms with Crippen LogP contribution in [0, 0.1) is 0 Å². The summed E-state index contributed by atoms with van der Waals surface area (Å²) in [6, 6.07) is 0. The molecule has 0 spiro atoms. The molecule has 0 atom stereocenters. The molecule has 0 unspecified atom stereocenters. The third-order valence-corrected chi connectivity index (χ3v) is 8.48. The van der Waals surface area contributed by atoms with Crippen LogP contribution < -0.4 is 0 Å². The van der Waals surface area contributed by atoms with E-state index in [9.17, 15) is 0 Å². The zero-order valence-corrected chi connectivity index (χ0v) is 24.0. The van der Waals surface area contributed by atoms with E-state index in [1.165, 1.54) is 55.7 Å². The molecule has 200 valence electrons. The molecular weight excluding hydrogens is 468 g/mol. The van der Waals surface area contributed by atoms with Crippen molar-refractivity contribution in [3.63, 3.8) is 0 Å². The summed E-state index contributed by atoms with van der Waals surface area (Å²) in [5.74, 6) is 0. The summed E-state index contributed by atoms with van der Waals surface area (Å²) in [5, 5.41) is 0. The number of rotatable bonds is 8. The van der Waals surface area contributed by atoms with Gasteiger partial charge in [-0.2, -0.15) is 0 Å². The topological polar surface area (TPSA) is 0 Å². The lowest BCUT2D eigenvalue weighted by atomic mass is 9.84. The Morgan fingerprint density at radius 2 is 1.33 bits per heavy atom. The Morgan fingerprint density at radius 3 is 1.85 bits per heavy atom. The average Bonchev–Trinajstić information content (AvgIpc) is 3.02. The zero-order valence-electron chi connectivity index (χ0n) is 24.0. The van der Waals surface area contributed by atoms with E-state index in [0.29, 0.717) is 0 Å². The van der Waals surface area contributed by atoms with E-state index in [1.54, 1.807) is 0 Å². The van der Waals surface area contributed by atoms with Crippen LogP contribution >= 0.6 is 0 Å². The minimum Gasteiger partial charge on any atom is -0.0842 e. The zero-order chi connectivity index (χ0) is 26.9. The molecule has 0 aromatic heterocycles. The van der Waals surface area contributed by atoms with Crippen molar-refractivity contribution < 1.29 is 0 Å². The van der Waals surface area contributed by atoms with E-state index in [2.05, 4.69) is 111 Å². The highest BCUT2D eigenvalue weighted by molar-refractivity contribution is 5.58. The van der Waals surface area contributed by atoms with E-state index in [-0.39, 0.29) is 0 Å². The third-order valence-electron chi connectivity index (χ3n) is 8.48.